The van der Waals surface area contributed by atoms with E-state index in [4.69, 9.17) is 33.2 Å². The van der Waals surface area contributed by atoms with Crippen LogP contribution in [0, 0.1) is 0 Å². The van der Waals surface area contributed by atoms with Crippen molar-refractivity contribution < 1.29 is 33.2 Å². The molecular formula is C47H54O7. The Kier molecular flexibility index (Phi) is 16.3. The summed E-state index contributed by atoms with van der Waals surface area (Å²) in [6.07, 6.45) is -0.386. The Morgan fingerprint density at radius 1 is 0.519 bits per heavy atom. The Morgan fingerprint density at radius 3 is 1.46 bits per heavy atom. The molecule has 6 rings (SSSR count). The standard InChI is InChI=1S/C47H54O7/c1-2-42(50-32-38-20-10-4-11-21-38)28-29-49-47-44(52-34-40-24-14-6-15-25-40)30-43(51-33-39-22-12-5-13-23-39)46(53-35-41-26-16-7-17-27-41)45(54-47)36-48-31-37-18-8-3-9-19-37/h3-27,42-47H,2,28-36H2,1H3/t42-,43?,44?,45?,46-,47+/m1/s1. The molecule has 0 spiro atoms. The lowest BCUT2D eigenvalue weighted by molar-refractivity contribution is -0.244. The molecular weight excluding hydrogens is 677 g/mol. The van der Waals surface area contributed by atoms with E-state index in [1.807, 2.05) is 91.0 Å². The first-order chi connectivity index (χ1) is 26.7. The van der Waals surface area contributed by atoms with Gasteiger partial charge in [-0.1, -0.05) is 159 Å². The molecule has 0 amide bonds. The van der Waals surface area contributed by atoms with Crippen molar-refractivity contribution in [3.63, 3.8) is 0 Å². The smallest absolute Gasteiger partial charge is 0.184 e. The van der Waals surface area contributed by atoms with E-state index in [0.717, 1.165) is 34.2 Å². The van der Waals surface area contributed by atoms with Crippen molar-refractivity contribution in [2.75, 3.05) is 13.2 Å². The summed E-state index contributed by atoms with van der Waals surface area (Å²) >= 11 is 0. The summed E-state index contributed by atoms with van der Waals surface area (Å²) in [6.45, 7) is 5.08. The molecule has 1 aliphatic heterocycles. The van der Waals surface area contributed by atoms with Gasteiger partial charge in [0, 0.05) is 6.42 Å². The first-order valence-corrected chi connectivity index (χ1v) is 19.2. The maximum Gasteiger partial charge on any atom is 0.184 e. The van der Waals surface area contributed by atoms with Gasteiger partial charge in [-0.2, -0.15) is 0 Å². The Labute approximate surface area is 321 Å². The van der Waals surface area contributed by atoms with Gasteiger partial charge in [0.2, 0.25) is 0 Å². The van der Waals surface area contributed by atoms with Crippen molar-refractivity contribution in [3.05, 3.63) is 179 Å². The first-order valence-electron chi connectivity index (χ1n) is 19.2. The van der Waals surface area contributed by atoms with Gasteiger partial charge in [0.25, 0.3) is 0 Å². The zero-order valence-corrected chi connectivity index (χ0v) is 31.3. The summed E-state index contributed by atoms with van der Waals surface area (Å²) < 4.78 is 46.6. The highest BCUT2D eigenvalue weighted by Gasteiger charge is 2.43. The molecule has 5 aromatic carbocycles. The van der Waals surface area contributed by atoms with E-state index in [1.165, 1.54) is 0 Å². The van der Waals surface area contributed by atoms with Gasteiger partial charge in [0.1, 0.15) is 18.3 Å². The van der Waals surface area contributed by atoms with E-state index >= 15 is 0 Å². The third-order valence-electron chi connectivity index (χ3n) is 9.61. The third kappa shape index (κ3) is 13.0. The maximum atomic E-state index is 6.96. The van der Waals surface area contributed by atoms with Crippen molar-refractivity contribution in [1.82, 2.24) is 0 Å². The van der Waals surface area contributed by atoms with E-state index in [2.05, 4.69) is 67.6 Å². The second-order valence-corrected chi connectivity index (χ2v) is 13.7. The first kappa shape index (κ1) is 39.5. The lowest BCUT2D eigenvalue weighted by atomic mass is 10.0. The summed E-state index contributed by atoms with van der Waals surface area (Å²) in [5, 5.41) is 0. The summed E-state index contributed by atoms with van der Waals surface area (Å²) in [5.41, 5.74) is 5.46. The number of rotatable bonds is 21. The van der Waals surface area contributed by atoms with Gasteiger partial charge in [-0.05, 0) is 40.7 Å². The molecule has 284 valence electrons. The SMILES string of the molecule is CC[C@H](CCO[C@H]1OC(COCc2ccccc2)[C@H](OCc2ccccc2)C(OCc2ccccc2)CC1OCc1ccccc1)OCc1ccccc1. The van der Waals surface area contributed by atoms with Crippen LogP contribution in [0.4, 0.5) is 0 Å². The molecule has 1 heterocycles. The fraction of sp³-hybridized carbons (Fsp3) is 0.362. The van der Waals surface area contributed by atoms with E-state index in [0.29, 0.717) is 52.5 Å². The third-order valence-corrected chi connectivity index (χ3v) is 9.61. The number of ether oxygens (including phenoxy) is 7. The summed E-state index contributed by atoms with van der Waals surface area (Å²) in [7, 11) is 0. The van der Waals surface area contributed by atoms with Crippen LogP contribution in [-0.4, -0.2) is 50.0 Å². The number of hydrogen-bond donors (Lipinski definition) is 0. The van der Waals surface area contributed by atoms with Crippen LogP contribution in [0.3, 0.4) is 0 Å². The summed E-state index contributed by atoms with van der Waals surface area (Å²) in [6, 6.07) is 51.1. The van der Waals surface area contributed by atoms with Crippen LogP contribution in [0.1, 0.15) is 54.0 Å². The monoisotopic (exact) mass is 730 g/mol. The highest BCUT2D eigenvalue weighted by Crippen LogP contribution is 2.30. The van der Waals surface area contributed by atoms with Gasteiger partial charge in [0.05, 0.1) is 58.5 Å². The molecule has 3 unspecified atom stereocenters. The Bertz CT molecular complexity index is 1690. The Hall–Kier alpha value is -4.18. The average molecular weight is 731 g/mol. The molecule has 1 fully saturated rings. The molecule has 7 nitrogen and oxygen atoms in total. The van der Waals surface area contributed by atoms with Gasteiger partial charge in [-0.3, -0.25) is 0 Å². The Morgan fingerprint density at radius 2 is 0.963 bits per heavy atom. The van der Waals surface area contributed by atoms with Crippen molar-refractivity contribution in [2.45, 2.75) is 96.0 Å². The van der Waals surface area contributed by atoms with Crippen molar-refractivity contribution in [3.8, 4) is 0 Å². The molecule has 5 aromatic rings. The minimum atomic E-state index is -0.696. The minimum absolute atomic E-state index is 0.0357. The quantitative estimate of drug-likeness (QED) is 0.0746. The molecule has 1 aliphatic rings. The second kappa shape index (κ2) is 22.3. The highest BCUT2D eigenvalue weighted by atomic mass is 16.7. The molecule has 0 aromatic heterocycles. The highest BCUT2D eigenvalue weighted by molar-refractivity contribution is 5.17. The second-order valence-electron chi connectivity index (χ2n) is 13.7. The zero-order valence-electron chi connectivity index (χ0n) is 31.3. The summed E-state index contributed by atoms with van der Waals surface area (Å²) in [4.78, 5) is 0. The fourth-order valence-corrected chi connectivity index (χ4v) is 6.55. The van der Waals surface area contributed by atoms with Gasteiger partial charge in [-0.25, -0.2) is 0 Å². The normalized spacial score (nSPS) is 20.6. The predicted octanol–water partition coefficient (Wildman–Crippen LogP) is 9.48. The molecule has 6 atom stereocenters. The van der Waals surface area contributed by atoms with Crippen LogP contribution in [0.5, 0.6) is 0 Å². The van der Waals surface area contributed by atoms with Gasteiger partial charge >= 0.3 is 0 Å². The van der Waals surface area contributed by atoms with Crippen LogP contribution in [0.25, 0.3) is 0 Å². The van der Waals surface area contributed by atoms with Gasteiger partial charge in [-0.15, -0.1) is 0 Å². The van der Waals surface area contributed by atoms with E-state index in [1.54, 1.807) is 0 Å². The molecule has 0 radical (unpaired) electrons. The topological polar surface area (TPSA) is 64.6 Å². The predicted molar refractivity (Wildman–Crippen MR) is 210 cm³/mol. The van der Waals surface area contributed by atoms with Gasteiger partial charge < -0.3 is 33.2 Å². The van der Waals surface area contributed by atoms with Crippen LogP contribution >= 0.6 is 0 Å². The van der Waals surface area contributed by atoms with Gasteiger partial charge in [0.15, 0.2) is 6.29 Å². The largest absolute Gasteiger partial charge is 0.374 e. The number of hydrogen-bond acceptors (Lipinski definition) is 7. The van der Waals surface area contributed by atoms with Crippen LogP contribution in [0.2, 0.25) is 0 Å². The van der Waals surface area contributed by atoms with E-state index in [-0.39, 0.29) is 18.8 Å². The van der Waals surface area contributed by atoms with Crippen molar-refractivity contribution in [1.29, 1.82) is 0 Å². The minimum Gasteiger partial charge on any atom is -0.374 e. The van der Waals surface area contributed by atoms with E-state index in [9.17, 15) is 0 Å². The summed E-state index contributed by atoms with van der Waals surface area (Å²) in [5.74, 6) is 0. The van der Waals surface area contributed by atoms with Crippen molar-refractivity contribution in [2.24, 2.45) is 0 Å². The zero-order chi connectivity index (χ0) is 37.0. The van der Waals surface area contributed by atoms with Crippen LogP contribution < -0.4 is 0 Å². The fourth-order valence-electron chi connectivity index (χ4n) is 6.55. The molecule has 1 saturated heterocycles. The van der Waals surface area contributed by atoms with E-state index < -0.39 is 24.6 Å². The lowest BCUT2D eigenvalue weighted by Crippen LogP contribution is -2.44. The average Bonchev–Trinajstić information content (AvgIpc) is 3.37. The molecule has 7 heteroatoms. The van der Waals surface area contributed by atoms with Crippen molar-refractivity contribution >= 4 is 0 Å². The van der Waals surface area contributed by atoms with Crippen LogP contribution in [-0.2, 0) is 66.2 Å². The molecule has 0 N–H and O–H groups in total. The van der Waals surface area contributed by atoms with Crippen LogP contribution in [0.15, 0.2) is 152 Å². The molecule has 0 bridgehead atoms. The molecule has 0 saturated carbocycles. The number of benzene rings is 5. The maximum absolute atomic E-state index is 6.96. The molecule has 54 heavy (non-hydrogen) atoms. The lowest BCUT2D eigenvalue weighted by Gasteiger charge is -2.31. The Balaban J connectivity index is 1.24. The molecule has 0 aliphatic carbocycles.